The highest BCUT2D eigenvalue weighted by Gasteiger charge is 2.40. The van der Waals surface area contributed by atoms with E-state index in [9.17, 15) is 9.59 Å². The zero-order chi connectivity index (χ0) is 21.2. The summed E-state index contributed by atoms with van der Waals surface area (Å²) in [6, 6.07) is 9.89. The van der Waals surface area contributed by atoms with E-state index in [4.69, 9.17) is 27.9 Å². The molecule has 0 spiro atoms. The number of benzene rings is 1. The van der Waals surface area contributed by atoms with Crippen LogP contribution in [0, 0.1) is 5.92 Å². The fourth-order valence-corrected chi connectivity index (χ4v) is 3.58. The molecular formula is C21H23Cl2N3O3. The van der Waals surface area contributed by atoms with Crippen LogP contribution in [-0.2, 0) is 4.74 Å². The monoisotopic (exact) mass is 435 g/mol. The highest BCUT2D eigenvalue weighted by atomic mass is 35.5. The van der Waals surface area contributed by atoms with Crippen molar-refractivity contribution in [2.75, 3.05) is 13.1 Å². The van der Waals surface area contributed by atoms with Crippen molar-refractivity contribution >= 4 is 35.2 Å². The lowest BCUT2D eigenvalue weighted by Crippen LogP contribution is -2.56. The number of nitrogens with one attached hydrogen (secondary N) is 1. The van der Waals surface area contributed by atoms with E-state index < -0.39 is 5.60 Å². The Hall–Kier alpha value is -2.31. The molecule has 6 nitrogen and oxygen atoms in total. The van der Waals surface area contributed by atoms with Crippen LogP contribution in [0.25, 0.3) is 0 Å². The largest absolute Gasteiger partial charge is 0.444 e. The van der Waals surface area contributed by atoms with Gasteiger partial charge in [-0.3, -0.25) is 9.78 Å². The van der Waals surface area contributed by atoms with Crippen molar-refractivity contribution in [3.05, 3.63) is 63.9 Å². The van der Waals surface area contributed by atoms with Gasteiger partial charge in [-0.1, -0.05) is 29.3 Å². The number of amides is 2. The molecule has 154 valence electrons. The normalized spacial score (nSPS) is 15.4. The second-order valence-electron chi connectivity index (χ2n) is 7.98. The molecule has 1 unspecified atom stereocenters. The Morgan fingerprint density at radius 1 is 1.21 bits per heavy atom. The number of hydrogen-bond acceptors (Lipinski definition) is 4. The van der Waals surface area contributed by atoms with Gasteiger partial charge in [-0.25, -0.2) is 4.79 Å². The average Bonchev–Trinajstić information content (AvgIpc) is 2.58. The Kier molecular flexibility index (Phi) is 6.34. The number of pyridine rings is 1. The number of nitrogens with zero attached hydrogens (tertiary/aromatic N) is 2. The van der Waals surface area contributed by atoms with Crippen molar-refractivity contribution < 1.29 is 14.3 Å². The first kappa shape index (κ1) is 21.4. The van der Waals surface area contributed by atoms with Gasteiger partial charge in [0.1, 0.15) is 5.60 Å². The summed E-state index contributed by atoms with van der Waals surface area (Å²) >= 11 is 12.1. The quantitative estimate of drug-likeness (QED) is 0.753. The number of carbonyl (C=O) groups is 2. The molecule has 1 atom stereocenters. The van der Waals surface area contributed by atoms with Crippen molar-refractivity contribution in [2.24, 2.45) is 5.92 Å². The van der Waals surface area contributed by atoms with E-state index in [1.165, 1.54) is 6.07 Å². The highest BCUT2D eigenvalue weighted by Crippen LogP contribution is 2.31. The topological polar surface area (TPSA) is 71.5 Å². The summed E-state index contributed by atoms with van der Waals surface area (Å²) in [5.41, 5.74) is 0.502. The summed E-state index contributed by atoms with van der Waals surface area (Å²) in [6.45, 7) is 6.41. The summed E-state index contributed by atoms with van der Waals surface area (Å²) in [7, 11) is 0. The molecule has 1 fully saturated rings. The Morgan fingerprint density at radius 2 is 1.93 bits per heavy atom. The molecule has 0 saturated carbocycles. The minimum Gasteiger partial charge on any atom is -0.444 e. The lowest BCUT2D eigenvalue weighted by atomic mass is 9.89. The zero-order valence-electron chi connectivity index (χ0n) is 16.5. The van der Waals surface area contributed by atoms with Crippen LogP contribution in [0.2, 0.25) is 10.0 Å². The number of rotatable bonds is 4. The molecule has 0 bridgehead atoms. The van der Waals surface area contributed by atoms with E-state index in [1.807, 2.05) is 39.0 Å². The Morgan fingerprint density at radius 3 is 2.52 bits per heavy atom. The predicted octanol–water partition coefficient (Wildman–Crippen LogP) is 4.73. The Bertz CT molecular complexity index is 894. The molecule has 3 rings (SSSR count). The molecular weight excluding hydrogens is 413 g/mol. The van der Waals surface area contributed by atoms with Crippen LogP contribution >= 0.6 is 23.2 Å². The minimum absolute atomic E-state index is 0.00689. The van der Waals surface area contributed by atoms with E-state index in [2.05, 4.69) is 10.3 Å². The van der Waals surface area contributed by atoms with Gasteiger partial charge in [0.25, 0.3) is 5.91 Å². The standard InChI is InChI=1S/C21H23Cl2N3O3/c1-21(2,3)29-20(28)26-11-13(12-26)18(17-6-4-5-9-24-17)25-19(27)15-8-7-14(22)10-16(15)23/h4-10,13,18H,11-12H2,1-3H3,(H,25,27). The smallest absolute Gasteiger partial charge is 0.410 e. The lowest BCUT2D eigenvalue weighted by Gasteiger charge is -2.43. The zero-order valence-corrected chi connectivity index (χ0v) is 18.0. The molecule has 29 heavy (non-hydrogen) atoms. The maximum Gasteiger partial charge on any atom is 0.410 e. The molecule has 2 amide bonds. The van der Waals surface area contributed by atoms with Gasteiger partial charge in [-0.05, 0) is 51.1 Å². The van der Waals surface area contributed by atoms with Gasteiger partial charge in [-0.15, -0.1) is 0 Å². The van der Waals surface area contributed by atoms with E-state index >= 15 is 0 Å². The van der Waals surface area contributed by atoms with Crippen LogP contribution < -0.4 is 5.32 Å². The third-order valence-electron chi connectivity index (χ3n) is 4.50. The molecule has 0 aliphatic carbocycles. The summed E-state index contributed by atoms with van der Waals surface area (Å²) in [5.74, 6) is -0.314. The summed E-state index contributed by atoms with van der Waals surface area (Å²) < 4.78 is 5.41. The van der Waals surface area contributed by atoms with E-state index in [0.717, 1.165) is 5.69 Å². The SMILES string of the molecule is CC(C)(C)OC(=O)N1CC(C(NC(=O)c2ccc(Cl)cc2Cl)c2ccccn2)C1. The molecule has 2 heterocycles. The third kappa shape index (κ3) is 5.40. The molecule has 2 aromatic rings. The lowest BCUT2D eigenvalue weighted by molar-refractivity contribution is -0.00688. The van der Waals surface area contributed by atoms with E-state index in [0.29, 0.717) is 23.7 Å². The van der Waals surface area contributed by atoms with E-state index in [1.54, 1.807) is 23.2 Å². The van der Waals surface area contributed by atoms with Crippen molar-refractivity contribution in [2.45, 2.75) is 32.4 Å². The van der Waals surface area contributed by atoms with Crippen molar-refractivity contribution in [3.8, 4) is 0 Å². The molecule has 1 aliphatic rings. The van der Waals surface area contributed by atoms with Gasteiger partial charge in [0.15, 0.2) is 0 Å². The third-order valence-corrected chi connectivity index (χ3v) is 5.05. The summed E-state index contributed by atoms with van der Waals surface area (Å²) in [6.07, 6.45) is 1.31. The molecule has 1 aromatic heterocycles. The molecule has 1 saturated heterocycles. The van der Waals surface area contributed by atoms with Crippen molar-refractivity contribution in [3.63, 3.8) is 0 Å². The fourth-order valence-electron chi connectivity index (χ4n) is 3.08. The van der Waals surface area contributed by atoms with Crippen molar-refractivity contribution in [1.82, 2.24) is 15.2 Å². The average molecular weight is 436 g/mol. The number of carbonyl (C=O) groups excluding carboxylic acids is 2. The first-order valence-corrected chi connectivity index (χ1v) is 10.0. The molecule has 1 aliphatic heterocycles. The van der Waals surface area contributed by atoms with Crippen LogP contribution in [-0.4, -0.2) is 40.6 Å². The van der Waals surface area contributed by atoms with Crippen LogP contribution in [0.3, 0.4) is 0 Å². The molecule has 1 N–H and O–H groups in total. The summed E-state index contributed by atoms with van der Waals surface area (Å²) in [5, 5.41) is 3.75. The maximum atomic E-state index is 12.8. The van der Waals surface area contributed by atoms with Gasteiger partial charge in [0.05, 0.1) is 22.3 Å². The predicted molar refractivity (Wildman–Crippen MR) is 112 cm³/mol. The summed E-state index contributed by atoms with van der Waals surface area (Å²) in [4.78, 5) is 31.1. The molecule has 8 heteroatoms. The van der Waals surface area contributed by atoms with Crippen LogP contribution in [0.4, 0.5) is 4.79 Å². The van der Waals surface area contributed by atoms with Gasteiger partial charge in [0, 0.05) is 30.2 Å². The Balaban J connectivity index is 1.74. The second kappa shape index (κ2) is 8.59. The number of likely N-dealkylation sites (tertiary alicyclic amines) is 1. The number of halogens is 2. The van der Waals surface area contributed by atoms with Crippen LogP contribution in [0.15, 0.2) is 42.6 Å². The van der Waals surface area contributed by atoms with Gasteiger partial charge in [0.2, 0.25) is 0 Å². The van der Waals surface area contributed by atoms with Crippen LogP contribution in [0.5, 0.6) is 0 Å². The fraction of sp³-hybridized carbons (Fsp3) is 0.381. The minimum atomic E-state index is -0.553. The number of aromatic nitrogens is 1. The van der Waals surface area contributed by atoms with Gasteiger partial charge >= 0.3 is 6.09 Å². The first-order chi connectivity index (χ1) is 13.6. The maximum absolute atomic E-state index is 12.8. The van der Waals surface area contributed by atoms with E-state index in [-0.39, 0.29) is 29.0 Å². The first-order valence-electron chi connectivity index (χ1n) is 9.29. The number of hydrogen-bond donors (Lipinski definition) is 1. The molecule has 0 radical (unpaired) electrons. The van der Waals surface area contributed by atoms with Crippen LogP contribution in [0.1, 0.15) is 42.9 Å². The van der Waals surface area contributed by atoms with Gasteiger partial charge in [-0.2, -0.15) is 0 Å². The van der Waals surface area contributed by atoms with Gasteiger partial charge < -0.3 is 15.0 Å². The second-order valence-corrected chi connectivity index (χ2v) is 8.82. The highest BCUT2D eigenvalue weighted by molar-refractivity contribution is 6.36. The van der Waals surface area contributed by atoms with Crippen molar-refractivity contribution in [1.29, 1.82) is 0 Å². The molecule has 1 aromatic carbocycles. The number of ether oxygens (including phenoxy) is 1. The Labute approximate surface area is 180 Å².